The third-order valence-corrected chi connectivity index (χ3v) is 9.57. The minimum absolute atomic E-state index is 0.191. The highest BCUT2D eigenvalue weighted by Crippen LogP contribution is 2.43. The molecule has 4 unspecified atom stereocenters. The van der Waals surface area contributed by atoms with Gasteiger partial charge >= 0.3 is 11.7 Å². The predicted octanol–water partition coefficient (Wildman–Crippen LogP) is 5.05. The quantitative estimate of drug-likeness (QED) is 0.610. The van der Waals surface area contributed by atoms with Crippen LogP contribution in [0.3, 0.4) is 0 Å². The van der Waals surface area contributed by atoms with Gasteiger partial charge in [0.2, 0.25) is 0 Å². The van der Waals surface area contributed by atoms with E-state index in [2.05, 4.69) is 25.7 Å². The third kappa shape index (κ3) is 5.16. The monoisotopic (exact) mass is 509 g/mol. The highest BCUT2D eigenvalue weighted by molar-refractivity contribution is 5.79. The number of carboxylic acid groups (broad SMARTS) is 1. The summed E-state index contributed by atoms with van der Waals surface area (Å²) in [5.74, 6) is 1.19. The molecular weight excluding hydrogens is 466 g/mol. The SMILES string of the molecule is CCC1CC(C)CC(N2C3CCCC2CC(n2c(=O)c4ccccc4n(CC(=O)O)c2=O)C3)CC(C)C1. The second-order valence-electron chi connectivity index (χ2n) is 12.3. The van der Waals surface area contributed by atoms with E-state index in [1.807, 2.05) is 0 Å². The minimum atomic E-state index is -1.08. The maximum Gasteiger partial charge on any atom is 0.332 e. The van der Waals surface area contributed by atoms with E-state index in [9.17, 15) is 19.5 Å². The molecule has 5 rings (SSSR count). The van der Waals surface area contributed by atoms with Crippen LogP contribution in [0.1, 0.15) is 91.0 Å². The van der Waals surface area contributed by atoms with E-state index in [0.717, 1.165) is 31.6 Å². The van der Waals surface area contributed by atoms with Crippen LogP contribution < -0.4 is 11.2 Å². The summed E-state index contributed by atoms with van der Waals surface area (Å²) < 4.78 is 2.67. The van der Waals surface area contributed by atoms with Crippen molar-refractivity contribution in [3.63, 3.8) is 0 Å². The van der Waals surface area contributed by atoms with Gasteiger partial charge in [-0.1, -0.05) is 45.7 Å². The van der Waals surface area contributed by atoms with Gasteiger partial charge in [0.1, 0.15) is 6.54 Å². The Bertz CT molecular complexity index is 1220. The van der Waals surface area contributed by atoms with Crippen LogP contribution in [0.15, 0.2) is 33.9 Å². The van der Waals surface area contributed by atoms with Gasteiger partial charge in [-0.3, -0.25) is 23.6 Å². The van der Waals surface area contributed by atoms with Gasteiger partial charge in [0.05, 0.1) is 10.9 Å². The van der Waals surface area contributed by atoms with Crippen molar-refractivity contribution in [3.8, 4) is 0 Å². The molecule has 1 aromatic carbocycles. The molecule has 2 saturated heterocycles. The number of nitrogens with zero attached hydrogens (tertiary/aromatic N) is 3. The number of aliphatic carboxylic acids is 1. The number of carbonyl (C=O) groups is 1. The van der Waals surface area contributed by atoms with Crippen molar-refractivity contribution in [1.82, 2.24) is 14.0 Å². The number of aromatic nitrogens is 2. The molecule has 202 valence electrons. The molecular formula is C30H43N3O4. The lowest BCUT2D eigenvalue weighted by Gasteiger charge is -2.53. The highest BCUT2D eigenvalue weighted by Gasteiger charge is 2.44. The molecule has 1 aromatic heterocycles. The normalized spacial score (nSPS) is 33.1. The largest absolute Gasteiger partial charge is 0.480 e. The van der Waals surface area contributed by atoms with Gasteiger partial charge in [-0.05, 0) is 81.3 Å². The van der Waals surface area contributed by atoms with E-state index in [1.165, 1.54) is 47.7 Å². The van der Waals surface area contributed by atoms with Crippen LogP contribution in [0.2, 0.25) is 0 Å². The van der Waals surface area contributed by atoms with Crippen LogP contribution in [0.5, 0.6) is 0 Å². The van der Waals surface area contributed by atoms with Gasteiger partial charge in [0.15, 0.2) is 0 Å². The topological polar surface area (TPSA) is 84.5 Å². The fraction of sp³-hybridized carbons (Fsp3) is 0.700. The second kappa shape index (κ2) is 10.8. The Labute approximate surface area is 219 Å². The summed E-state index contributed by atoms with van der Waals surface area (Å²) in [7, 11) is 0. The van der Waals surface area contributed by atoms with Crippen molar-refractivity contribution in [2.75, 3.05) is 0 Å². The summed E-state index contributed by atoms with van der Waals surface area (Å²) in [6, 6.07) is 8.02. The van der Waals surface area contributed by atoms with E-state index in [-0.39, 0.29) is 11.6 Å². The number of piperidine rings is 2. The van der Waals surface area contributed by atoms with Crippen molar-refractivity contribution in [2.45, 2.75) is 116 Å². The first-order valence-corrected chi connectivity index (χ1v) is 14.5. The number of carboxylic acids is 1. The molecule has 3 fully saturated rings. The van der Waals surface area contributed by atoms with Gasteiger partial charge < -0.3 is 5.11 Å². The zero-order valence-electron chi connectivity index (χ0n) is 22.6. The summed E-state index contributed by atoms with van der Waals surface area (Å²) in [4.78, 5) is 41.6. The van der Waals surface area contributed by atoms with Crippen LogP contribution >= 0.6 is 0 Å². The summed E-state index contributed by atoms with van der Waals surface area (Å²) in [6.07, 6.45) is 11.4. The van der Waals surface area contributed by atoms with Crippen molar-refractivity contribution in [3.05, 3.63) is 45.1 Å². The van der Waals surface area contributed by atoms with Gasteiger partial charge in [-0.15, -0.1) is 0 Å². The molecule has 2 aromatic rings. The first-order valence-electron chi connectivity index (χ1n) is 14.5. The van der Waals surface area contributed by atoms with Gasteiger partial charge in [-0.25, -0.2) is 4.79 Å². The molecule has 37 heavy (non-hydrogen) atoms. The van der Waals surface area contributed by atoms with Crippen molar-refractivity contribution in [2.24, 2.45) is 17.8 Å². The van der Waals surface area contributed by atoms with Crippen LogP contribution in [-0.4, -0.2) is 43.2 Å². The van der Waals surface area contributed by atoms with E-state index in [4.69, 9.17) is 0 Å². The molecule has 0 radical (unpaired) electrons. The smallest absolute Gasteiger partial charge is 0.332 e. The van der Waals surface area contributed by atoms with Crippen molar-refractivity contribution < 1.29 is 9.90 Å². The van der Waals surface area contributed by atoms with Crippen LogP contribution in [-0.2, 0) is 11.3 Å². The average molecular weight is 510 g/mol. The number of para-hydroxylation sites is 1. The Morgan fingerprint density at radius 2 is 1.51 bits per heavy atom. The zero-order chi connectivity index (χ0) is 26.3. The van der Waals surface area contributed by atoms with Gasteiger partial charge in [0, 0.05) is 24.2 Å². The van der Waals surface area contributed by atoms with Gasteiger partial charge in [0.25, 0.3) is 5.56 Å². The van der Waals surface area contributed by atoms with Crippen molar-refractivity contribution in [1.29, 1.82) is 0 Å². The van der Waals surface area contributed by atoms with E-state index in [1.54, 1.807) is 24.3 Å². The molecule has 4 atom stereocenters. The fourth-order valence-corrected chi connectivity index (χ4v) is 8.17. The lowest BCUT2D eigenvalue weighted by Crippen LogP contribution is -2.59. The Kier molecular flexibility index (Phi) is 7.62. The molecule has 2 bridgehead atoms. The average Bonchev–Trinajstić information content (AvgIpc) is 2.84. The maximum atomic E-state index is 13.6. The number of hydrogen-bond donors (Lipinski definition) is 1. The molecule has 1 aliphatic carbocycles. The number of benzene rings is 1. The Balaban J connectivity index is 1.47. The van der Waals surface area contributed by atoms with E-state index < -0.39 is 18.2 Å². The Morgan fingerprint density at radius 3 is 2.11 bits per heavy atom. The molecule has 7 heteroatoms. The van der Waals surface area contributed by atoms with E-state index >= 15 is 0 Å². The lowest BCUT2D eigenvalue weighted by molar-refractivity contribution is -0.137. The first kappa shape index (κ1) is 26.2. The molecule has 1 N–H and O–H groups in total. The minimum Gasteiger partial charge on any atom is -0.480 e. The number of fused-ring (bicyclic) bond motifs is 3. The van der Waals surface area contributed by atoms with Gasteiger partial charge in [-0.2, -0.15) is 0 Å². The summed E-state index contributed by atoms with van der Waals surface area (Å²) in [6.45, 7) is 6.74. The zero-order valence-corrected chi connectivity index (χ0v) is 22.6. The predicted molar refractivity (Wildman–Crippen MR) is 146 cm³/mol. The molecule has 3 aliphatic rings. The van der Waals surface area contributed by atoms with Crippen LogP contribution in [0.25, 0.3) is 10.9 Å². The third-order valence-electron chi connectivity index (χ3n) is 9.57. The molecule has 2 aliphatic heterocycles. The van der Waals surface area contributed by atoms with E-state index in [0.29, 0.717) is 40.9 Å². The standard InChI is InChI=1S/C30H43N3O4/c1-4-21-12-19(2)14-24(15-20(3)13-21)32-22-8-7-9-23(32)17-25(16-22)33-29(36)26-10-5-6-11-27(26)31(30(33)37)18-28(34)35/h5-6,10-11,19-25H,4,7-9,12-18H2,1-3H3,(H,34,35). The summed E-state index contributed by atoms with van der Waals surface area (Å²) in [5, 5.41) is 9.92. The Morgan fingerprint density at radius 1 is 0.892 bits per heavy atom. The second-order valence-corrected chi connectivity index (χ2v) is 12.3. The lowest BCUT2D eigenvalue weighted by atomic mass is 9.74. The highest BCUT2D eigenvalue weighted by atomic mass is 16.4. The van der Waals surface area contributed by atoms with Crippen molar-refractivity contribution >= 4 is 16.9 Å². The molecule has 1 saturated carbocycles. The molecule has 0 amide bonds. The van der Waals surface area contributed by atoms with Crippen LogP contribution in [0.4, 0.5) is 0 Å². The first-order chi connectivity index (χ1) is 17.8. The number of hydrogen-bond acceptors (Lipinski definition) is 4. The molecule has 3 heterocycles. The Hall–Kier alpha value is -2.41. The summed E-state index contributed by atoms with van der Waals surface area (Å²) >= 11 is 0. The maximum absolute atomic E-state index is 13.6. The van der Waals surface area contributed by atoms with Crippen LogP contribution in [0, 0.1) is 17.8 Å². The fourth-order valence-electron chi connectivity index (χ4n) is 8.17. The molecule has 7 nitrogen and oxygen atoms in total. The summed E-state index contributed by atoms with van der Waals surface area (Å²) in [5.41, 5.74) is -0.365. The number of rotatable bonds is 5. The molecule has 0 spiro atoms.